The fourth-order valence-corrected chi connectivity index (χ4v) is 1.11. The van der Waals surface area contributed by atoms with E-state index in [2.05, 4.69) is 4.98 Å². The fraction of sp³-hybridized carbons (Fsp3) is 0.400. The van der Waals surface area contributed by atoms with E-state index in [9.17, 15) is 4.79 Å². The highest BCUT2D eigenvalue weighted by atomic mass is 16.3. The molecule has 0 spiro atoms. The van der Waals surface area contributed by atoms with Crippen molar-refractivity contribution in [2.75, 3.05) is 18.6 Å². The third-order valence-corrected chi connectivity index (χ3v) is 1.97. The van der Waals surface area contributed by atoms with Crippen LogP contribution >= 0.6 is 0 Å². The van der Waals surface area contributed by atoms with Crippen molar-refractivity contribution in [1.82, 2.24) is 4.98 Å². The van der Waals surface area contributed by atoms with E-state index >= 15 is 0 Å². The van der Waals surface area contributed by atoms with Gasteiger partial charge in [-0.1, -0.05) is 0 Å². The van der Waals surface area contributed by atoms with Crippen LogP contribution in [0.25, 0.3) is 0 Å². The number of aliphatic hydroxyl groups is 1. The van der Waals surface area contributed by atoms with Crippen LogP contribution in [0.5, 0.6) is 0 Å². The molecule has 4 heteroatoms. The molecule has 1 heterocycles. The smallest absolute Gasteiger partial charge is 0.226 e. The van der Waals surface area contributed by atoms with Crippen molar-refractivity contribution in [3.63, 3.8) is 0 Å². The maximum Gasteiger partial charge on any atom is 0.226 e. The van der Waals surface area contributed by atoms with E-state index in [0.29, 0.717) is 12.8 Å². The Hall–Kier alpha value is -1.42. The number of carbonyl (C=O) groups excluding carboxylic acids is 1. The fourth-order valence-electron chi connectivity index (χ4n) is 1.11. The summed E-state index contributed by atoms with van der Waals surface area (Å²) in [6.07, 6.45) is 4.17. The van der Waals surface area contributed by atoms with Crippen LogP contribution in [0, 0.1) is 0 Å². The quantitative estimate of drug-likeness (QED) is 0.772. The molecule has 1 amide bonds. The zero-order valence-corrected chi connectivity index (χ0v) is 8.18. The van der Waals surface area contributed by atoms with Crippen LogP contribution in [-0.2, 0) is 4.79 Å². The second-order valence-corrected chi connectivity index (χ2v) is 2.99. The number of carbonyl (C=O) groups is 1. The molecule has 0 aliphatic rings. The number of rotatable bonds is 4. The Morgan fingerprint density at radius 3 is 2.71 bits per heavy atom. The van der Waals surface area contributed by atoms with Crippen molar-refractivity contribution in [1.29, 1.82) is 0 Å². The van der Waals surface area contributed by atoms with Gasteiger partial charge in [0.15, 0.2) is 0 Å². The first-order chi connectivity index (χ1) is 6.75. The van der Waals surface area contributed by atoms with Gasteiger partial charge < -0.3 is 10.0 Å². The highest BCUT2D eigenvalue weighted by Gasteiger charge is 2.09. The third-order valence-electron chi connectivity index (χ3n) is 1.97. The van der Waals surface area contributed by atoms with Gasteiger partial charge in [0.05, 0.1) is 0 Å². The molecule has 0 saturated heterocycles. The summed E-state index contributed by atoms with van der Waals surface area (Å²) in [4.78, 5) is 16.9. The van der Waals surface area contributed by atoms with Crippen LogP contribution in [0.15, 0.2) is 24.5 Å². The molecule has 0 saturated carbocycles. The molecule has 76 valence electrons. The lowest BCUT2D eigenvalue weighted by molar-refractivity contribution is -0.118. The predicted octanol–water partition coefficient (Wildman–Crippen LogP) is 0.817. The lowest BCUT2D eigenvalue weighted by Gasteiger charge is -2.16. The minimum Gasteiger partial charge on any atom is -0.396 e. The largest absolute Gasteiger partial charge is 0.396 e. The topological polar surface area (TPSA) is 53.4 Å². The standard InChI is InChI=1S/C10H14N2O2/c1-12(10(14)3-2-8-13)9-4-6-11-7-5-9/h4-7,13H,2-3,8H2,1H3. The molecule has 4 nitrogen and oxygen atoms in total. The first-order valence-electron chi connectivity index (χ1n) is 4.53. The molecule has 1 N–H and O–H groups in total. The summed E-state index contributed by atoms with van der Waals surface area (Å²) in [6, 6.07) is 3.55. The third kappa shape index (κ3) is 2.81. The Bertz CT molecular complexity index is 287. The minimum atomic E-state index is 0.00486. The molecule has 0 fully saturated rings. The highest BCUT2D eigenvalue weighted by Crippen LogP contribution is 2.11. The van der Waals surface area contributed by atoms with Gasteiger partial charge in [-0.2, -0.15) is 0 Å². The molecule has 1 aromatic heterocycles. The predicted molar refractivity (Wildman–Crippen MR) is 54.0 cm³/mol. The molecule has 0 aliphatic carbocycles. The highest BCUT2D eigenvalue weighted by molar-refractivity contribution is 5.92. The lowest BCUT2D eigenvalue weighted by Crippen LogP contribution is -2.25. The number of aromatic nitrogens is 1. The van der Waals surface area contributed by atoms with Gasteiger partial charge in [0, 0.05) is 38.2 Å². The van der Waals surface area contributed by atoms with Crippen molar-refractivity contribution >= 4 is 11.6 Å². The second kappa shape index (κ2) is 5.34. The Morgan fingerprint density at radius 2 is 2.14 bits per heavy atom. The van der Waals surface area contributed by atoms with Gasteiger partial charge in [0.2, 0.25) is 5.91 Å². The molecule has 1 aromatic rings. The van der Waals surface area contributed by atoms with Crippen LogP contribution in [-0.4, -0.2) is 29.7 Å². The second-order valence-electron chi connectivity index (χ2n) is 2.99. The average Bonchev–Trinajstić information content (AvgIpc) is 2.26. The summed E-state index contributed by atoms with van der Waals surface area (Å²) >= 11 is 0. The van der Waals surface area contributed by atoms with Crippen LogP contribution in [0.1, 0.15) is 12.8 Å². The zero-order chi connectivity index (χ0) is 10.4. The van der Waals surface area contributed by atoms with E-state index in [1.165, 1.54) is 0 Å². The van der Waals surface area contributed by atoms with Crippen LogP contribution < -0.4 is 4.90 Å². The van der Waals surface area contributed by atoms with Gasteiger partial charge >= 0.3 is 0 Å². The van der Waals surface area contributed by atoms with Crippen LogP contribution in [0.4, 0.5) is 5.69 Å². The summed E-state index contributed by atoms with van der Waals surface area (Å²) in [6.45, 7) is 0.0515. The van der Waals surface area contributed by atoms with Crippen molar-refractivity contribution in [3.05, 3.63) is 24.5 Å². The van der Waals surface area contributed by atoms with Crippen LogP contribution in [0.3, 0.4) is 0 Å². The van der Waals surface area contributed by atoms with E-state index < -0.39 is 0 Å². The first kappa shape index (κ1) is 10.7. The molecular weight excluding hydrogens is 180 g/mol. The van der Waals surface area contributed by atoms with Gasteiger partial charge in [-0.25, -0.2) is 0 Å². The molecule has 0 atom stereocenters. The van der Waals surface area contributed by atoms with E-state index in [4.69, 9.17) is 5.11 Å². The van der Waals surface area contributed by atoms with Gasteiger partial charge in [0.1, 0.15) is 0 Å². The van der Waals surface area contributed by atoms with E-state index in [1.807, 2.05) is 0 Å². The Kier molecular flexibility index (Phi) is 4.07. The monoisotopic (exact) mass is 194 g/mol. The van der Waals surface area contributed by atoms with Crippen LogP contribution in [0.2, 0.25) is 0 Å². The number of aliphatic hydroxyl groups excluding tert-OH is 1. The summed E-state index contributed by atoms with van der Waals surface area (Å²) in [5.74, 6) is 0.00486. The normalized spacial score (nSPS) is 9.86. The lowest BCUT2D eigenvalue weighted by atomic mass is 10.2. The molecule has 0 unspecified atom stereocenters. The maximum atomic E-state index is 11.5. The van der Waals surface area contributed by atoms with Crippen molar-refractivity contribution < 1.29 is 9.90 Å². The van der Waals surface area contributed by atoms with Gasteiger partial charge in [-0.15, -0.1) is 0 Å². The average molecular weight is 194 g/mol. The summed E-state index contributed by atoms with van der Waals surface area (Å²) in [7, 11) is 1.72. The first-order valence-corrected chi connectivity index (χ1v) is 4.53. The van der Waals surface area contributed by atoms with E-state index in [1.54, 1.807) is 36.5 Å². The molecular formula is C10H14N2O2. The Morgan fingerprint density at radius 1 is 1.50 bits per heavy atom. The Balaban J connectivity index is 2.57. The van der Waals surface area contributed by atoms with Gasteiger partial charge in [-0.05, 0) is 18.6 Å². The SMILES string of the molecule is CN(C(=O)CCCO)c1ccncc1. The maximum absolute atomic E-state index is 11.5. The number of amides is 1. The zero-order valence-electron chi connectivity index (χ0n) is 8.18. The Labute approximate surface area is 83.2 Å². The van der Waals surface area contributed by atoms with Gasteiger partial charge in [0.25, 0.3) is 0 Å². The van der Waals surface area contributed by atoms with Gasteiger partial charge in [-0.3, -0.25) is 9.78 Å². The van der Waals surface area contributed by atoms with Crippen molar-refractivity contribution in [2.45, 2.75) is 12.8 Å². The van der Waals surface area contributed by atoms with E-state index in [0.717, 1.165) is 5.69 Å². The number of nitrogens with zero attached hydrogens (tertiary/aromatic N) is 2. The molecule has 0 aliphatic heterocycles. The molecule has 0 radical (unpaired) electrons. The number of hydrogen-bond donors (Lipinski definition) is 1. The molecule has 14 heavy (non-hydrogen) atoms. The summed E-state index contributed by atoms with van der Waals surface area (Å²) < 4.78 is 0. The molecule has 0 bridgehead atoms. The van der Waals surface area contributed by atoms with Crippen molar-refractivity contribution in [3.8, 4) is 0 Å². The number of anilines is 1. The van der Waals surface area contributed by atoms with E-state index in [-0.39, 0.29) is 12.5 Å². The number of pyridine rings is 1. The molecule has 0 aromatic carbocycles. The number of hydrogen-bond acceptors (Lipinski definition) is 3. The summed E-state index contributed by atoms with van der Waals surface area (Å²) in [5.41, 5.74) is 0.822. The summed E-state index contributed by atoms with van der Waals surface area (Å²) in [5, 5.41) is 8.59. The molecule has 1 rings (SSSR count). The van der Waals surface area contributed by atoms with Crippen molar-refractivity contribution in [2.24, 2.45) is 0 Å². The minimum absolute atomic E-state index is 0.00486.